The number of aromatic nitrogens is 4. The van der Waals surface area contributed by atoms with Crippen molar-refractivity contribution in [3.8, 4) is 0 Å². The largest absolute Gasteiger partial charge is 0.389 e. The first-order chi connectivity index (χ1) is 14.9. The van der Waals surface area contributed by atoms with Gasteiger partial charge in [0.2, 0.25) is 5.91 Å². The minimum Gasteiger partial charge on any atom is -0.387 e. The topological polar surface area (TPSA) is 93.2 Å². The Morgan fingerprint density at radius 1 is 1.28 bits per heavy atom. The molecule has 4 rings (SSSR count). The second-order valence-corrected chi connectivity index (χ2v) is 9.43. The number of halogens is 3. The number of aryl methyl sites for hydroxylation is 1. The summed E-state index contributed by atoms with van der Waals surface area (Å²) in [6.45, 7) is 1.66. The zero-order valence-corrected chi connectivity index (χ0v) is 18.2. The minimum atomic E-state index is -4.41. The van der Waals surface area contributed by atoms with E-state index in [4.69, 9.17) is 0 Å². The summed E-state index contributed by atoms with van der Waals surface area (Å²) in [6, 6.07) is 0. The number of carbonyl (C=O) groups is 1. The van der Waals surface area contributed by atoms with E-state index in [1.54, 1.807) is 7.05 Å². The highest BCUT2D eigenvalue weighted by Gasteiger charge is 2.56. The number of nitrogens with zero attached hydrogens (tertiary/aromatic N) is 5. The highest BCUT2D eigenvalue weighted by molar-refractivity contribution is 5.78. The first kappa shape index (κ1) is 22.8. The molecule has 176 valence electrons. The monoisotopic (exact) mass is 455 g/mol. The van der Waals surface area contributed by atoms with E-state index in [1.165, 1.54) is 33.6 Å². The van der Waals surface area contributed by atoms with E-state index in [9.17, 15) is 27.9 Å². The Labute approximate surface area is 183 Å². The van der Waals surface area contributed by atoms with E-state index in [2.05, 4.69) is 10.1 Å². The number of amides is 1. The van der Waals surface area contributed by atoms with Gasteiger partial charge < -0.3 is 10.0 Å². The Hall–Kier alpha value is -2.43. The van der Waals surface area contributed by atoms with E-state index in [0.717, 1.165) is 12.8 Å². The second-order valence-electron chi connectivity index (χ2n) is 9.43. The van der Waals surface area contributed by atoms with E-state index >= 15 is 0 Å². The maximum Gasteiger partial charge on any atom is 0.389 e. The molecular formula is C21H28F3N5O3. The molecule has 1 amide bonds. The first-order valence-electron chi connectivity index (χ1n) is 10.9. The summed E-state index contributed by atoms with van der Waals surface area (Å²) in [5.41, 5.74) is -1.79. The van der Waals surface area contributed by atoms with Crippen LogP contribution in [0.15, 0.2) is 17.3 Å². The average Bonchev–Trinajstić information content (AvgIpc) is 3.33. The third kappa shape index (κ3) is 3.91. The van der Waals surface area contributed by atoms with Gasteiger partial charge in [0, 0.05) is 31.5 Å². The Balaban J connectivity index is 1.59. The van der Waals surface area contributed by atoms with Gasteiger partial charge in [0.25, 0.3) is 5.56 Å². The van der Waals surface area contributed by atoms with Gasteiger partial charge in [0.1, 0.15) is 11.7 Å². The molecule has 1 spiro atoms. The summed E-state index contributed by atoms with van der Waals surface area (Å²) in [5.74, 6) is -1.70. The maximum atomic E-state index is 12.9. The van der Waals surface area contributed by atoms with Crippen molar-refractivity contribution in [1.29, 1.82) is 0 Å². The summed E-state index contributed by atoms with van der Waals surface area (Å²) < 4.78 is 41.2. The lowest BCUT2D eigenvalue weighted by Gasteiger charge is -2.52. The standard InChI is InChI=1S/C21H28F3N5O3/c1-14(9-21(22,23)24)17(30)28-8-7-20(32,19(11-28)5-3-4-6-19)12-29-13-25-16-15(18(29)31)10-26-27(16)2/h10,13-14,32H,3-9,11-12H2,1-2H3/t14-,20?/m1/s1. The fraction of sp³-hybridized carbons (Fsp3) is 0.714. The molecule has 2 aliphatic rings. The number of carbonyl (C=O) groups excluding carboxylic acids is 1. The van der Waals surface area contributed by atoms with Crippen LogP contribution in [-0.4, -0.2) is 60.1 Å². The van der Waals surface area contributed by atoms with E-state index < -0.39 is 35.4 Å². The Morgan fingerprint density at radius 2 is 1.97 bits per heavy atom. The van der Waals surface area contributed by atoms with Crippen LogP contribution in [0.2, 0.25) is 0 Å². The molecule has 2 aromatic heterocycles. The average molecular weight is 455 g/mol. The molecule has 3 heterocycles. The minimum absolute atomic E-state index is 0.0177. The molecule has 2 aromatic rings. The van der Waals surface area contributed by atoms with Crippen LogP contribution >= 0.6 is 0 Å². The van der Waals surface area contributed by atoms with Crippen molar-refractivity contribution in [2.24, 2.45) is 18.4 Å². The number of piperidine rings is 1. The molecule has 1 unspecified atom stereocenters. The fourth-order valence-electron chi connectivity index (χ4n) is 5.49. The number of aliphatic hydroxyl groups is 1. The zero-order chi connectivity index (χ0) is 23.3. The number of alkyl halides is 3. The molecule has 1 saturated heterocycles. The van der Waals surface area contributed by atoms with Gasteiger partial charge in [0.15, 0.2) is 5.65 Å². The molecule has 1 aliphatic heterocycles. The lowest BCUT2D eigenvalue weighted by atomic mass is 9.65. The van der Waals surface area contributed by atoms with Crippen LogP contribution in [0.3, 0.4) is 0 Å². The molecule has 1 aliphatic carbocycles. The maximum absolute atomic E-state index is 12.9. The molecule has 32 heavy (non-hydrogen) atoms. The predicted molar refractivity (Wildman–Crippen MR) is 110 cm³/mol. The first-order valence-corrected chi connectivity index (χ1v) is 10.9. The number of hydrogen-bond donors (Lipinski definition) is 1. The van der Waals surface area contributed by atoms with Crippen molar-refractivity contribution in [2.45, 2.75) is 63.8 Å². The van der Waals surface area contributed by atoms with Crippen molar-refractivity contribution < 1.29 is 23.1 Å². The van der Waals surface area contributed by atoms with Gasteiger partial charge in [-0.2, -0.15) is 18.3 Å². The molecule has 8 nitrogen and oxygen atoms in total. The van der Waals surface area contributed by atoms with Gasteiger partial charge in [0.05, 0.1) is 24.8 Å². The molecule has 1 N–H and O–H groups in total. The van der Waals surface area contributed by atoms with Crippen molar-refractivity contribution in [3.63, 3.8) is 0 Å². The van der Waals surface area contributed by atoms with Crippen LogP contribution in [-0.2, 0) is 18.4 Å². The molecular weight excluding hydrogens is 427 g/mol. The number of hydrogen-bond acceptors (Lipinski definition) is 5. The summed E-state index contributed by atoms with van der Waals surface area (Å²) in [5, 5.41) is 16.2. The van der Waals surface area contributed by atoms with Crippen molar-refractivity contribution in [1.82, 2.24) is 24.2 Å². The zero-order valence-electron chi connectivity index (χ0n) is 18.2. The lowest BCUT2D eigenvalue weighted by Crippen LogP contribution is -2.62. The Kier molecular flexibility index (Phi) is 5.59. The normalized spacial score (nSPS) is 24.4. The van der Waals surface area contributed by atoms with E-state index in [0.29, 0.717) is 23.9 Å². The number of rotatable bonds is 4. The van der Waals surface area contributed by atoms with Crippen LogP contribution < -0.4 is 5.56 Å². The second kappa shape index (κ2) is 7.86. The van der Waals surface area contributed by atoms with E-state index in [1.807, 2.05) is 0 Å². The van der Waals surface area contributed by atoms with Crippen LogP contribution in [0.5, 0.6) is 0 Å². The number of fused-ring (bicyclic) bond motifs is 1. The third-order valence-corrected chi connectivity index (χ3v) is 7.26. The fourth-order valence-corrected chi connectivity index (χ4v) is 5.49. The Bertz CT molecular complexity index is 1070. The molecule has 2 atom stereocenters. The smallest absolute Gasteiger partial charge is 0.387 e. The molecule has 0 radical (unpaired) electrons. The summed E-state index contributed by atoms with van der Waals surface area (Å²) in [6.07, 6.45) is 0.483. The molecule has 1 saturated carbocycles. The van der Waals surface area contributed by atoms with Crippen molar-refractivity contribution >= 4 is 16.9 Å². The van der Waals surface area contributed by atoms with Crippen molar-refractivity contribution in [3.05, 3.63) is 22.9 Å². The number of likely N-dealkylation sites (tertiary alicyclic amines) is 1. The third-order valence-electron chi connectivity index (χ3n) is 7.26. The van der Waals surface area contributed by atoms with Crippen LogP contribution in [0, 0.1) is 11.3 Å². The van der Waals surface area contributed by atoms with Gasteiger partial charge in [-0.25, -0.2) is 4.98 Å². The molecule has 0 aromatic carbocycles. The van der Waals surface area contributed by atoms with Gasteiger partial charge in [-0.1, -0.05) is 19.8 Å². The van der Waals surface area contributed by atoms with Crippen LogP contribution in [0.1, 0.15) is 45.4 Å². The van der Waals surface area contributed by atoms with Gasteiger partial charge in [-0.15, -0.1) is 0 Å². The summed E-state index contributed by atoms with van der Waals surface area (Å²) >= 11 is 0. The quantitative estimate of drug-likeness (QED) is 0.763. The molecule has 0 bridgehead atoms. The van der Waals surface area contributed by atoms with Gasteiger partial charge in [-0.05, 0) is 19.3 Å². The highest BCUT2D eigenvalue weighted by atomic mass is 19.4. The van der Waals surface area contributed by atoms with Gasteiger partial charge >= 0.3 is 6.18 Å². The van der Waals surface area contributed by atoms with Crippen molar-refractivity contribution in [2.75, 3.05) is 13.1 Å². The highest BCUT2D eigenvalue weighted by Crippen LogP contribution is 2.51. The van der Waals surface area contributed by atoms with Crippen LogP contribution in [0.25, 0.3) is 11.0 Å². The summed E-state index contributed by atoms with van der Waals surface area (Å²) in [7, 11) is 1.69. The lowest BCUT2D eigenvalue weighted by molar-refractivity contribution is -0.172. The predicted octanol–water partition coefficient (Wildman–Crippen LogP) is 2.24. The van der Waals surface area contributed by atoms with Gasteiger partial charge in [-0.3, -0.25) is 18.8 Å². The van der Waals surface area contributed by atoms with E-state index in [-0.39, 0.29) is 31.6 Å². The van der Waals surface area contributed by atoms with Crippen LogP contribution in [0.4, 0.5) is 13.2 Å². The SMILES string of the molecule is C[C@H](CC(F)(F)F)C(=O)N1CCC(O)(Cn2cnc3c(cnn3C)c2=O)C2(CCCC2)C1. The summed E-state index contributed by atoms with van der Waals surface area (Å²) in [4.78, 5) is 31.5. The Morgan fingerprint density at radius 3 is 2.62 bits per heavy atom. The molecule has 11 heteroatoms. The molecule has 2 fully saturated rings.